The Kier molecular flexibility index (Phi) is 3.43. The Morgan fingerprint density at radius 1 is 1.27 bits per heavy atom. The Morgan fingerprint density at radius 3 is 2.07 bits per heavy atom. The molecule has 0 aromatic heterocycles. The minimum absolute atomic E-state index is 0.268. The van der Waals surface area contributed by atoms with Gasteiger partial charge in [0.2, 0.25) is 0 Å². The number of rotatable bonds is 3. The van der Waals surface area contributed by atoms with Gasteiger partial charge in [0.05, 0.1) is 17.5 Å². The zero-order valence-electron chi connectivity index (χ0n) is 10.1. The molecule has 0 saturated carbocycles. The highest BCUT2D eigenvalue weighted by atomic mass is 16.7. The maximum absolute atomic E-state index is 5.82. The highest BCUT2D eigenvalue weighted by Crippen LogP contribution is 2.37. The maximum atomic E-state index is 5.82. The SMILES string of the molecule is CNC(N=CN)B1OC(C)(C)C(C)(C)O1. The van der Waals surface area contributed by atoms with Crippen molar-refractivity contribution in [2.45, 2.75) is 45.0 Å². The number of nitrogens with one attached hydrogen (secondary N) is 1. The van der Waals surface area contributed by atoms with E-state index in [1.807, 2.05) is 27.7 Å². The minimum atomic E-state index is -0.403. The van der Waals surface area contributed by atoms with Crippen LogP contribution in [0.3, 0.4) is 0 Å². The van der Waals surface area contributed by atoms with Gasteiger partial charge in [0.15, 0.2) is 0 Å². The van der Waals surface area contributed by atoms with Gasteiger partial charge in [-0.15, -0.1) is 0 Å². The lowest BCUT2D eigenvalue weighted by Gasteiger charge is -2.32. The minimum Gasteiger partial charge on any atom is -0.401 e. The van der Waals surface area contributed by atoms with Gasteiger partial charge in [-0.1, -0.05) is 0 Å². The van der Waals surface area contributed by atoms with E-state index in [0.29, 0.717) is 0 Å². The lowest BCUT2D eigenvalue weighted by molar-refractivity contribution is 0.00578. The van der Waals surface area contributed by atoms with E-state index in [4.69, 9.17) is 15.0 Å². The second kappa shape index (κ2) is 4.12. The van der Waals surface area contributed by atoms with Gasteiger partial charge in [0.1, 0.15) is 6.07 Å². The molecule has 0 amide bonds. The summed E-state index contributed by atoms with van der Waals surface area (Å²) in [5.74, 6) is 0. The van der Waals surface area contributed by atoms with Crippen LogP contribution in [-0.4, -0.2) is 37.8 Å². The van der Waals surface area contributed by atoms with Crippen molar-refractivity contribution >= 4 is 13.5 Å². The van der Waals surface area contributed by atoms with Crippen LogP contribution < -0.4 is 11.1 Å². The Morgan fingerprint density at radius 2 is 1.73 bits per heavy atom. The molecule has 0 aliphatic carbocycles. The van der Waals surface area contributed by atoms with Gasteiger partial charge in [-0.3, -0.25) is 4.99 Å². The third-order valence-corrected chi connectivity index (χ3v) is 3.07. The van der Waals surface area contributed by atoms with Crippen LogP contribution in [0.15, 0.2) is 4.99 Å². The van der Waals surface area contributed by atoms with Crippen molar-refractivity contribution in [3.8, 4) is 0 Å². The van der Waals surface area contributed by atoms with Crippen LogP contribution >= 0.6 is 0 Å². The topological polar surface area (TPSA) is 68.9 Å². The van der Waals surface area contributed by atoms with Crippen LogP contribution in [0.5, 0.6) is 0 Å². The molecule has 15 heavy (non-hydrogen) atoms. The summed E-state index contributed by atoms with van der Waals surface area (Å²) in [6.45, 7) is 8.02. The molecular weight excluding hydrogens is 193 g/mol. The van der Waals surface area contributed by atoms with Gasteiger partial charge in [0.25, 0.3) is 0 Å². The summed E-state index contributed by atoms with van der Waals surface area (Å²) in [7, 11) is 1.39. The molecule has 1 aliphatic heterocycles. The molecular formula is C9H20BN3O2. The summed E-state index contributed by atoms with van der Waals surface area (Å²) in [6.07, 6.45) is 1.26. The number of aliphatic imine (C=N–C) groups is 1. The fraction of sp³-hybridized carbons (Fsp3) is 0.889. The summed E-state index contributed by atoms with van der Waals surface area (Å²) in [4.78, 5) is 4.05. The van der Waals surface area contributed by atoms with Gasteiger partial charge in [-0.05, 0) is 34.7 Å². The van der Waals surface area contributed by atoms with Gasteiger partial charge < -0.3 is 20.4 Å². The quantitative estimate of drug-likeness (QED) is 0.397. The summed E-state index contributed by atoms with van der Waals surface area (Å²) in [6, 6.07) is -0.268. The first-order valence-corrected chi connectivity index (χ1v) is 5.10. The van der Waals surface area contributed by atoms with Crippen LogP contribution in [0.1, 0.15) is 27.7 Å². The first kappa shape index (κ1) is 12.5. The number of nitrogens with zero attached hydrogens (tertiary/aromatic N) is 1. The number of hydrogen-bond donors (Lipinski definition) is 2. The van der Waals surface area contributed by atoms with E-state index >= 15 is 0 Å². The molecule has 86 valence electrons. The summed E-state index contributed by atoms with van der Waals surface area (Å²) < 4.78 is 11.6. The zero-order chi connectivity index (χ0) is 11.7. The average Bonchev–Trinajstić information content (AvgIpc) is 2.32. The van der Waals surface area contributed by atoms with Crippen molar-refractivity contribution in [1.82, 2.24) is 5.32 Å². The van der Waals surface area contributed by atoms with E-state index in [9.17, 15) is 0 Å². The Hall–Kier alpha value is -0.585. The van der Waals surface area contributed by atoms with Crippen molar-refractivity contribution in [1.29, 1.82) is 0 Å². The molecule has 5 nitrogen and oxygen atoms in total. The predicted molar refractivity (Wildman–Crippen MR) is 61.6 cm³/mol. The van der Waals surface area contributed by atoms with Crippen LogP contribution in [0, 0.1) is 0 Å². The molecule has 1 fully saturated rings. The normalized spacial score (nSPS) is 26.1. The molecule has 1 saturated heterocycles. The monoisotopic (exact) mass is 213 g/mol. The molecule has 0 radical (unpaired) electrons. The van der Waals surface area contributed by atoms with E-state index in [1.54, 1.807) is 7.05 Å². The predicted octanol–water partition coefficient (Wildman–Crippen LogP) is 0.150. The van der Waals surface area contributed by atoms with Crippen molar-refractivity contribution < 1.29 is 9.31 Å². The molecule has 1 aliphatic rings. The first-order valence-electron chi connectivity index (χ1n) is 5.10. The summed E-state index contributed by atoms with van der Waals surface area (Å²) >= 11 is 0. The second-order valence-electron chi connectivity index (χ2n) is 4.66. The standard InChI is InChI=1S/C9H20BN3O2/c1-8(2)9(3,4)15-10(14-8)7(12-5)13-6-11/h6-7,12H,1-5H3,(H2,11,13). The van der Waals surface area contributed by atoms with Crippen molar-refractivity contribution in [3.05, 3.63) is 0 Å². The van der Waals surface area contributed by atoms with Crippen molar-refractivity contribution in [3.63, 3.8) is 0 Å². The lowest BCUT2D eigenvalue weighted by atomic mass is 9.85. The van der Waals surface area contributed by atoms with Crippen LogP contribution in [0.4, 0.5) is 0 Å². The Labute approximate surface area is 91.6 Å². The average molecular weight is 213 g/mol. The van der Waals surface area contributed by atoms with Gasteiger partial charge in [-0.25, -0.2) is 0 Å². The van der Waals surface area contributed by atoms with Crippen LogP contribution in [-0.2, 0) is 9.31 Å². The third-order valence-electron chi connectivity index (χ3n) is 3.07. The Bertz CT molecular complexity index is 240. The maximum Gasteiger partial charge on any atom is 0.499 e. The number of hydrogen-bond acceptors (Lipinski definition) is 4. The van der Waals surface area contributed by atoms with Crippen LogP contribution in [0.25, 0.3) is 0 Å². The highest BCUT2D eigenvalue weighted by molar-refractivity contribution is 6.47. The largest absolute Gasteiger partial charge is 0.499 e. The molecule has 0 bridgehead atoms. The van der Waals surface area contributed by atoms with Gasteiger partial charge in [-0.2, -0.15) is 0 Å². The van der Waals surface area contributed by atoms with E-state index in [1.165, 1.54) is 6.34 Å². The smallest absolute Gasteiger partial charge is 0.401 e. The molecule has 0 aromatic carbocycles. The second-order valence-corrected chi connectivity index (χ2v) is 4.66. The summed E-state index contributed by atoms with van der Waals surface area (Å²) in [5.41, 5.74) is 4.59. The first-order chi connectivity index (χ1) is 6.84. The van der Waals surface area contributed by atoms with E-state index in [0.717, 1.165) is 0 Å². The molecule has 3 N–H and O–H groups in total. The van der Waals surface area contributed by atoms with E-state index in [2.05, 4.69) is 10.3 Å². The summed E-state index contributed by atoms with van der Waals surface area (Å²) in [5, 5.41) is 2.99. The van der Waals surface area contributed by atoms with Gasteiger partial charge >= 0.3 is 7.12 Å². The van der Waals surface area contributed by atoms with Crippen molar-refractivity contribution in [2.75, 3.05) is 7.05 Å². The zero-order valence-corrected chi connectivity index (χ0v) is 10.1. The fourth-order valence-electron chi connectivity index (χ4n) is 1.39. The Balaban J connectivity index is 2.77. The molecule has 1 atom stereocenters. The van der Waals surface area contributed by atoms with Crippen LogP contribution in [0.2, 0.25) is 0 Å². The van der Waals surface area contributed by atoms with Gasteiger partial charge in [0, 0.05) is 0 Å². The molecule has 1 rings (SSSR count). The third kappa shape index (κ3) is 2.33. The fourth-order valence-corrected chi connectivity index (χ4v) is 1.39. The highest BCUT2D eigenvalue weighted by Gasteiger charge is 2.53. The molecule has 1 heterocycles. The molecule has 0 aromatic rings. The lowest BCUT2D eigenvalue weighted by Crippen LogP contribution is -2.42. The molecule has 0 spiro atoms. The van der Waals surface area contributed by atoms with E-state index in [-0.39, 0.29) is 17.3 Å². The number of nitrogens with two attached hydrogens (primary N) is 1. The molecule has 1 unspecified atom stereocenters. The van der Waals surface area contributed by atoms with E-state index < -0.39 is 7.12 Å². The van der Waals surface area contributed by atoms with Crippen molar-refractivity contribution in [2.24, 2.45) is 10.7 Å². The molecule has 6 heteroatoms.